The number of benzene rings is 1. The number of fused-ring (bicyclic) bond motifs is 1. The molecule has 3 rings (SSSR count). The molecule has 0 spiro atoms. The van der Waals surface area contributed by atoms with Gasteiger partial charge in [0, 0.05) is 32.3 Å². The number of aromatic nitrogens is 2. The van der Waals surface area contributed by atoms with E-state index in [2.05, 4.69) is 15.6 Å². The van der Waals surface area contributed by atoms with Crippen molar-refractivity contribution in [3.8, 4) is 0 Å². The molecule has 0 bridgehead atoms. The van der Waals surface area contributed by atoms with Gasteiger partial charge in [0.15, 0.2) is 0 Å². The second kappa shape index (κ2) is 8.18. The molecular formula is C18H24N4O4. The minimum Gasteiger partial charge on any atom is -0.450 e. The monoisotopic (exact) mass is 360 g/mol. The maximum atomic E-state index is 12.0. The first kappa shape index (κ1) is 18.2. The molecule has 2 heterocycles. The van der Waals surface area contributed by atoms with Gasteiger partial charge >= 0.3 is 6.09 Å². The van der Waals surface area contributed by atoms with Crippen LogP contribution in [0.2, 0.25) is 0 Å². The average Bonchev–Trinajstić information content (AvgIpc) is 3.24. The summed E-state index contributed by atoms with van der Waals surface area (Å²) in [6.07, 6.45) is 1.54. The van der Waals surface area contributed by atoms with Crippen LogP contribution in [0, 0.1) is 0 Å². The normalized spacial score (nSPS) is 16.6. The number of anilines is 1. The van der Waals surface area contributed by atoms with Crippen LogP contribution < -0.4 is 10.6 Å². The molecule has 2 N–H and O–H groups in total. The molecular weight excluding hydrogens is 336 g/mol. The van der Waals surface area contributed by atoms with E-state index >= 15 is 0 Å². The summed E-state index contributed by atoms with van der Waals surface area (Å²) in [7, 11) is 1.94. The number of amides is 2. The third-order valence-corrected chi connectivity index (χ3v) is 4.37. The second-order valence-corrected chi connectivity index (χ2v) is 6.18. The number of hydrogen-bond donors (Lipinski definition) is 2. The van der Waals surface area contributed by atoms with E-state index in [0.717, 1.165) is 29.7 Å². The molecule has 1 aliphatic rings. The van der Waals surface area contributed by atoms with E-state index in [9.17, 15) is 9.59 Å². The number of carbonyl (C=O) groups excluding carboxylic acids is 2. The van der Waals surface area contributed by atoms with E-state index < -0.39 is 6.09 Å². The van der Waals surface area contributed by atoms with Crippen molar-refractivity contribution < 1.29 is 19.1 Å². The lowest BCUT2D eigenvalue weighted by atomic mass is 10.2. The summed E-state index contributed by atoms with van der Waals surface area (Å²) in [4.78, 5) is 28.1. The SMILES string of the molecule is CCOC(=O)Nc1ccc2c(c1)nc(CCNC(=O)C1CCCO1)n2C. The van der Waals surface area contributed by atoms with Crippen LogP contribution in [0.15, 0.2) is 18.2 Å². The van der Waals surface area contributed by atoms with E-state index in [4.69, 9.17) is 9.47 Å². The number of ether oxygens (including phenoxy) is 2. The molecule has 1 aromatic carbocycles. The molecule has 1 aromatic heterocycles. The van der Waals surface area contributed by atoms with Crippen molar-refractivity contribution >= 4 is 28.7 Å². The number of aryl methyl sites for hydroxylation is 1. The predicted octanol–water partition coefficient (Wildman–Crippen LogP) is 1.98. The van der Waals surface area contributed by atoms with E-state index in [1.54, 1.807) is 13.0 Å². The van der Waals surface area contributed by atoms with Gasteiger partial charge in [-0.15, -0.1) is 0 Å². The molecule has 0 radical (unpaired) electrons. The van der Waals surface area contributed by atoms with Gasteiger partial charge in [-0.1, -0.05) is 0 Å². The maximum Gasteiger partial charge on any atom is 0.411 e. The highest BCUT2D eigenvalue weighted by molar-refractivity contribution is 5.89. The molecule has 2 aromatic rings. The Morgan fingerprint density at radius 1 is 1.42 bits per heavy atom. The van der Waals surface area contributed by atoms with Crippen LogP contribution in [0.25, 0.3) is 11.0 Å². The Hall–Kier alpha value is -2.61. The van der Waals surface area contributed by atoms with Crippen LogP contribution >= 0.6 is 0 Å². The summed E-state index contributed by atoms with van der Waals surface area (Å²) in [5, 5.41) is 5.58. The van der Waals surface area contributed by atoms with Crippen LogP contribution in [0.3, 0.4) is 0 Å². The lowest BCUT2D eigenvalue weighted by Gasteiger charge is -2.10. The molecule has 0 saturated carbocycles. The molecule has 1 atom stereocenters. The summed E-state index contributed by atoms with van der Waals surface area (Å²) < 4.78 is 12.2. The van der Waals surface area contributed by atoms with Gasteiger partial charge in [-0.25, -0.2) is 9.78 Å². The fourth-order valence-electron chi connectivity index (χ4n) is 3.03. The summed E-state index contributed by atoms with van der Waals surface area (Å²) in [6, 6.07) is 5.52. The van der Waals surface area contributed by atoms with Crippen molar-refractivity contribution in [3.63, 3.8) is 0 Å². The van der Waals surface area contributed by atoms with Gasteiger partial charge in [0.2, 0.25) is 5.91 Å². The van der Waals surface area contributed by atoms with Crippen LogP contribution in [0.4, 0.5) is 10.5 Å². The molecule has 1 aliphatic heterocycles. The molecule has 8 nitrogen and oxygen atoms in total. The first-order valence-electron chi connectivity index (χ1n) is 8.87. The molecule has 26 heavy (non-hydrogen) atoms. The number of imidazole rings is 1. The first-order valence-corrected chi connectivity index (χ1v) is 8.87. The van der Waals surface area contributed by atoms with Crippen molar-refractivity contribution in [1.29, 1.82) is 0 Å². The van der Waals surface area contributed by atoms with Crippen LogP contribution in [-0.2, 0) is 27.7 Å². The Balaban J connectivity index is 1.62. The topological polar surface area (TPSA) is 94.5 Å². The molecule has 1 unspecified atom stereocenters. The van der Waals surface area contributed by atoms with Gasteiger partial charge in [-0.05, 0) is 38.0 Å². The Kier molecular flexibility index (Phi) is 5.72. The van der Waals surface area contributed by atoms with Crippen LogP contribution in [0.5, 0.6) is 0 Å². The Morgan fingerprint density at radius 2 is 2.27 bits per heavy atom. The average molecular weight is 360 g/mol. The highest BCUT2D eigenvalue weighted by Gasteiger charge is 2.23. The number of carbonyl (C=O) groups is 2. The highest BCUT2D eigenvalue weighted by atomic mass is 16.5. The molecule has 140 valence electrons. The zero-order valence-corrected chi connectivity index (χ0v) is 15.1. The zero-order valence-electron chi connectivity index (χ0n) is 15.1. The van der Waals surface area contributed by atoms with Crippen molar-refractivity contribution in [2.45, 2.75) is 32.3 Å². The summed E-state index contributed by atoms with van der Waals surface area (Å²) in [5.74, 6) is 0.808. The summed E-state index contributed by atoms with van der Waals surface area (Å²) in [5.41, 5.74) is 2.37. The van der Waals surface area contributed by atoms with Crippen LogP contribution in [-0.4, -0.2) is 47.4 Å². The van der Waals surface area contributed by atoms with Gasteiger partial charge in [0.05, 0.1) is 17.6 Å². The Bertz CT molecular complexity index is 796. The smallest absolute Gasteiger partial charge is 0.411 e. The Morgan fingerprint density at radius 3 is 3.00 bits per heavy atom. The van der Waals surface area contributed by atoms with E-state index in [1.807, 2.05) is 23.7 Å². The third-order valence-electron chi connectivity index (χ3n) is 4.37. The second-order valence-electron chi connectivity index (χ2n) is 6.18. The van der Waals surface area contributed by atoms with E-state index in [1.165, 1.54) is 0 Å². The van der Waals surface area contributed by atoms with Crippen molar-refractivity contribution in [3.05, 3.63) is 24.0 Å². The molecule has 2 amide bonds. The lowest BCUT2D eigenvalue weighted by Crippen LogP contribution is -2.35. The zero-order chi connectivity index (χ0) is 18.5. The van der Waals surface area contributed by atoms with E-state index in [0.29, 0.717) is 31.9 Å². The number of hydrogen-bond acceptors (Lipinski definition) is 5. The molecule has 0 aliphatic carbocycles. The van der Waals surface area contributed by atoms with Gasteiger partial charge in [0.1, 0.15) is 11.9 Å². The highest BCUT2D eigenvalue weighted by Crippen LogP contribution is 2.20. The number of nitrogens with zero attached hydrogens (tertiary/aromatic N) is 2. The number of nitrogens with one attached hydrogen (secondary N) is 2. The third kappa shape index (κ3) is 4.13. The standard InChI is InChI=1S/C18H24N4O4/c1-3-25-18(24)20-12-6-7-14-13(11-12)21-16(22(14)2)8-9-19-17(23)15-5-4-10-26-15/h6-7,11,15H,3-5,8-10H2,1-2H3,(H,19,23)(H,20,24). The fourth-order valence-corrected chi connectivity index (χ4v) is 3.03. The number of rotatable bonds is 6. The van der Waals surface area contributed by atoms with Gasteiger partial charge in [0.25, 0.3) is 0 Å². The minimum absolute atomic E-state index is 0.0535. The summed E-state index contributed by atoms with van der Waals surface area (Å²) in [6.45, 7) is 3.24. The van der Waals surface area contributed by atoms with Crippen LogP contribution in [0.1, 0.15) is 25.6 Å². The maximum absolute atomic E-state index is 12.0. The minimum atomic E-state index is -0.486. The predicted molar refractivity (Wildman–Crippen MR) is 97.0 cm³/mol. The van der Waals surface area contributed by atoms with Crippen molar-refractivity contribution in [2.24, 2.45) is 7.05 Å². The first-order chi connectivity index (χ1) is 12.6. The molecule has 8 heteroatoms. The summed E-state index contributed by atoms with van der Waals surface area (Å²) >= 11 is 0. The lowest BCUT2D eigenvalue weighted by molar-refractivity contribution is -0.130. The molecule has 1 saturated heterocycles. The van der Waals surface area contributed by atoms with Gasteiger partial charge in [-0.2, -0.15) is 0 Å². The molecule has 1 fully saturated rings. The Labute approximate surface area is 151 Å². The largest absolute Gasteiger partial charge is 0.450 e. The fraction of sp³-hybridized carbons (Fsp3) is 0.500. The van der Waals surface area contributed by atoms with Gasteiger partial charge < -0.3 is 19.4 Å². The van der Waals surface area contributed by atoms with E-state index in [-0.39, 0.29) is 12.0 Å². The van der Waals surface area contributed by atoms with Crippen molar-refractivity contribution in [1.82, 2.24) is 14.9 Å². The van der Waals surface area contributed by atoms with Crippen molar-refractivity contribution in [2.75, 3.05) is 25.1 Å². The quantitative estimate of drug-likeness (QED) is 0.821. The van der Waals surface area contributed by atoms with Gasteiger partial charge in [-0.3, -0.25) is 10.1 Å².